The highest BCUT2D eigenvalue weighted by molar-refractivity contribution is 6.32. The number of ether oxygens (including phenoxy) is 2. The average molecular weight is 1080 g/mol. The number of amides is 8. The number of carbonyl (C=O) groups is 10. The van der Waals surface area contributed by atoms with Crippen molar-refractivity contribution in [1.82, 2.24) is 60.8 Å². The summed E-state index contributed by atoms with van der Waals surface area (Å²) in [5, 5.41) is 9.78. The molecule has 410 valence electrons. The Hall–Kier alpha value is -8.15. The maximum absolute atomic E-state index is 14.8. The Morgan fingerprint density at radius 2 is 0.987 bits per heavy atom. The van der Waals surface area contributed by atoms with Gasteiger partial charge >= 0.3 is 11.9 Å². The molecular weight excluding hydrogens is 1020 g/mol. The number of benzene rings is 2. The van der Waals surface area contributed by atoms with Crippen molar-refractivity contribution in [1.29, 1.82) is 0 Å². The second-order valence-electron chi connectivity index (χ2n) is 19.5. The minimum absolute atomic E-state index is 0.188. The highest BCUT2D eigenvalue weighted by atomic mass is 35.5. The van der Waals surface area contributed by atoms with Crippen LogP contribution in [0, 0.1) is 11.8 Å². The molecule has 4 aromatic rings. The summed E-state index contributed by atoms with van der Waals surface area (Å²) in [7, 11) is 5.26. The maximum Gasteiger partial charge on any atom is 0.329 e. The maximum atomic E-state index is 14.8. The molecule has 2 aliphatic heterocycles. The van der Waals surface area contributed by atoms with Gasteiger partial charge in [0.05, 0.1) is 28.3 Å². The molecule has 0 fully saturated rings. The van der Waals surface area contributed by atoms with Crippen molar-refractivity contribution >= 4 is 92.9 Å². The van der Waals surface area contributed by atoms with E-state index in [2.05, 4.69) is 41.2 Å². The Bertz CT molecular complexity index is 2990. The summed E-state index contributed by atoms with van der Waals surface area (Å²) in [5.74, 6) is -10.3. The molecule has 0 spiro atoms. The number of nitrogens with one attached hydrogen (secondary N) is 4. The van der Waals surface area contributed by atoms with Crippen molar-refractivity contribution in [2.45, 2.75) is 103 Å². The first kappa shape index (κ1) is 58.1. The van der Waals surface area contributed by atoms with Crippen molar-refractivity contribution in [3.05, 3.63) is 83.4 Å². The van der Waals surface area contributed by atoms with Crippen molar-refractivity contribution in [2.75, 3.05) is 41.4 Å². The normalized spacial score (nSPS) is 24.8. The number of carbonyl (C=O) groups excluding carboxylic acids is 10. The predicted octanol–water partition coefficient (Wildman–Crippen LogP) is 1.20. The molecule has 4 N–H and O–H groups in total. The van der Waals surface area contributed by atoms with E-state index in [-0.39, 0.29) is 29.4 Å². The lowest BCUT2D eigenvalue weighted by Crippen LogP contribution is -2.60. The van der Waals surface area contributed by atoms with Gasteiger partial charge in [0, 0.05) is 28.2 Å². The van der Waals surface area contributed by atoms with Crippen LogP contribution in [-0.4, -0.2) is 188 Å². The fourth-order valence-corrected chi connectivity index (χ4v) is 9.20. The van der Waals surface area contributed by atoms with Gasteiger partial charge in [-0.2, -0.15) is 0 Å². The molecule has 2 aliphatic rings. The van der Waals surface area contributed by atoms with E-state index in [0.29, 0.717) is 22.1 Å². The number of aromatic nitrogens is 4. The van der Waals surface area contributed by atoms with Crippen LogP contribution in [0.4, 0.5) is 0 Å². The number of rotatable bonds is 6. The number of cyclic esters (lactones) is 2. The van der Waals surface area contributed by atoms with Gasteiger partial charge in [-0.15, -0.1) is 0 Å². The first-order chi connectivity index (χ1) is 36.4. The number of nitrogens with zero attached hydrogens (tertiary/aromatic N) is 8. The number of likely N-dealkylation sites (N-methyl/N-ethyl adjacent to an activating group) is 4. The molecular formula is C52H63ClN12O12. The number of fused-ring (bicyclic) bond motifs is 6. The van der Waals surface area contributed by atoms with Crippen LogP contribution in [-0.2, 0) is 47.8 Å². The molecule has 24 nitrogen and oxygen atoms in total. The minimum atomic E-state index is -1.72. The predicted molar refractivity (Wildman–Crippen MR) is 278 cm³/mol. The fraction of sp³-hybridized carbons (Fsp3) is 0.462. The van der Waals surface area contributed by atoms with E-state index in [1.54, 1.807) is 76.2 Å². The number of esters is 2. The zero-order valence-electron chi connectivity index (χ0n) is 44.3. The van der Waals surface area contributed by atoms with Gasteiger partial charge in [-0.05, 0) is 62.8 Å². The van der Waals surface area contributed by atoms with Gasteiger partial charge in [0.15, 0.2) is 10.8 Å². The second kappa shape index (κ2) is 25.1. The first-order valence-corrected chi connectivity index (χ1v) is 25.2. The first-order valence-electron chi connectivity index (χ1n) is 24.8. The molecule has 2 aromatic heterocycles. The van der Waals surface area contributed by atoms with Crippen LogP contribution in [0.3, 0.4) is 0 Å². The third-order valence-corrected chi connectivity index (χ3v) is 13.5. The standard InChI is InChI=1S/C52H63ClN12O12/c1-26(2)40-51(74)76-24-35(60-43(66)34-23-54-30-17-11-12-18-31(30)57-34)44(67)55-28(5)47(70)62(7)37-21-15-16-22-38(49(72)64(40)9)63(8)48(71)29(6)56-45(68)36(25-77-52(75)41(27(3)4)65(10)50(37)73)61-46(69)39-42(53)59-33-20-14-13-19-32(33)58-39/h11-20,23,26-29,35-38,40-41H,21-22,24-25H2,1-10H3,(H,55,67)(H,56,68)(H,60,66)(H,61,69)/b16-15-/t28-,29-,35+,36+,37-,38-,40-,41-/m0/s1. The van der Waals surface area contributed by atoms with E-state index in [1.165, 1.54) is 60.4 Å². The number of halogens is 1. The van der Waals surface area contributed by atoms with Gasteiger partial charge in [-0.3, -0.25) is 43.3 Å². The smallest absolute Gasteiger partial charge is 0.329 e. The summed E-state index contributed by atoms with van der Waals surface area (Å²) in [6, 6.07) is 1.62. The van der Waals surface area contributed by atoms with Gasteiger partial charge < -0.3 is 50.3 Å². The molecule has 0 aliphatic carbocycles. The Labute approximate surface area is 449 Å². The zero-order chi connectivity index (χ0) is 56.6. The Balaban J connectivity index is 1.41. The largest absolute Gasteiger partial charge is 0.461 e. The molecule has 2 bridgehead atoms. The van der Waals surface area contributed by atoms with E-state index in [9.17, 15) is 47.9 Å². The van der Waals surface area contributed by atoms with E-state index in [1.807, 2.05) is 0 Å². The lowest BCUT2D eigenvalue weighted by molar-refractivity contribution is -0.160. The van der Waals surface area contributed by atoms with E-state index in [0.717, 1.165) is 19.6 Å². The van der Waals surface area contributed by atoms with Gasteiger partial charge in [0.1, 0.15) is 67.2 Å². The van der Waals surface area contributed by atoms with E-state index in [4.69, 9.17) is 21.1 Å². The molecule has 77 heavy (non-hydrogen) atoms. The van der Waals surface area contributed by atoms with Crippen LogP contribution in [0.15, 0.2) is 66.9 Å². The van der Waals surface area contributed by atoms with E-state index >= 15 is 0 Å². The van der Waals surface area contributed by atoms with Crippen molar-refractivity contribution < 1.29 is 57.4 Å². The molecule has 6 rings (SSSR count). The topological polar surface area (TPSA) is 302 Å². The average Bonchev–Trinajstić information content (AvgIpc) is 3.40. The van der Waals surface area contributed by atoms with Crippen LogP contribution >= 0.6 is 11.6 Å². The Morgan fingerprint density at radius 3 is 1.43 bits per heavy atom. The highest BCUT2D eigenvalue weighted by Crippen LogP contribution is 2.22. The van der Waals surface area contributed by atoms with E-state index < -0.39 is 133 Å². The molecule has 4 heterocycles. The highest BCUT2D eigenvalue weighted by Gasteiger charge is 2.42. The molecule has 8 amide bonds. The number of hydrogen-bond donors (Lipinski definition) is 4. The third kappa shape index (κ3) is 13.5. The Morgan fingerprint density at radius 1 is 0.584 bits per heavy atom. The summed E-state index contributed by atoms with van der Waals surface area (Å²) in [4.78, 5) is 164. The Kier molecular flexibility index (Phi) is 19.0. The van der Waals surface area contributed by atoms with Crippen LogP contribution in [0.25, 0.3) is 22.1 Å². The van der Waals surface area contributed by atoms with Crippen LogP contribution < -0.4 is 21.3 Å². The molecule has 0 saturated carbocycles. The number of hydrogen-bond acceptors (Lipinski definition) is 16. The van der Waals surface area contributed by atoms with Gasteiger partial charge in [-0.1, -0.05) is 75.7 Å². The zero-order valence-corrected chi connectivity index (χ0v) is 45.1. The number of para-hydroxylation sites is 4. The SMILES string of the molecule is CC(C)[C@H]1C(=O)OC[C@@H](NC(=O)c2nc3ccccc3nc2Cl)C(=O)N[C@@H](C)C(=O)N(C)[C@H]2C/C=C\C[C@@H](C(=O)N1C)N(C)C(=O)[C@H](C)NC(=O)[C@H](NC(=O)c1cnc3ccccc3n1)COC(=O)[C@H](C(C)C)N(C)C2=O. The quantitative estimate of drug-likeness (QED) is 0.156. The molecule has 2 aromatic carbocycles. The summed E-state index contributed by atoms with van der Waals surface area (Å²) in [6.45, 7) is 7.56. The second-order valence-corrected chi connectivity index (χ2v) is 19.9. The van der Waals surface area contributed by atoms with Crippen LogP contribution in [0.1, 0.15) is 75.4 Å². The third-order valence-electron chi connectivity index (χ3n) is 13.3. The summed E-state index contributed by atoms with van der Waals surface area (Å²) < 4.78 is 11.4. The van der Waals surface area contributed by atoms with Gasteiger partial charge in [0.25, 0.3) is 11.8 Å². The van der Waals surface area contributed by atoms with Crippen molar-refractivity contribution in [2.24, 2.45) is 11.8 Å². The molecule has 0 saturated heterocycles. The monoisotopic (exact) mass is 1080 g/mol. The molecule has 25 heteroatoms. The summed E-state index contributed by atoms with van der Waals surface area (Å²) in [6.07, 6.45) is 3.76. The molecule has 0 unspecified atom stereocenters. The fourth-order valence-electron chi connectivity index (χ4n) is 8.98. The van der Waals surface area contributed by atoms with Gasteiger partial charge in [0.2, 0.25) is 35.4 Å². The van der Waals surface area contributed by atoms with Crippen LogP contribution in [0.2, 0.25) is 5.15 Å². The molecule has 0 radical (unpaired) electrons. The minimum Gasteiger partial charge on any atom is -0.461 e. The summed E-state index contributed by atoms with van der Waals surface area (Å²) >= 11 is 6.40. The summed E-state index contributed by atoms with van der Waals surface area (Å²) in [5.41, 5.74) is 0.985. The lowest BCUT2D eigenvalue weighted by Gasteiger charge is -2.37. The van der Waals surface area contributed by atoms with Crippen molar-refractivity contribution in [3.63, 3.8) is 0 Å². The van der Waals surface area contributed by atoms with Gasteiger partial charge in [-0.25, -0.2) is 24.5 Å². The lowest BCUT2D eigenvalue weighted by atomic mass is 9.99. The van der Waals surface area contributed by atoms with Crippen molar-refractivity contribution in [3.8, 4) is 0 Å². The van der Waals surface area contributed by atoms with Crippen LogP contribution in [0.5, 0.6) is 0 Å². The molecule has 8 atom stereocenters.